The largest absolute Gasteiger partial charge is 0.433 e. The summed E-state index contributed by atoms with van der Waals surface area (Å²) in [5.74, 6) is 0.136. The Morgan fingerprint density at radius 3 is 2.68 bits per heavy atom. The van der Waals surface area contributed by atoms with Crippen molar-refractivity contribution in [1.29, 1.82) is 0 Å². The van der Waals surface area contributed by atoms with Gasteiger partial charge in [-0.25, -0.2) is 0 Å². The van der Waals surface area contributed by atoms with Gasteiger partial charge in [-0.15, -0.1) is 0 Å². The number of halogens is 2. The minimum absolute atomic E-state index is 0.136. The van der Waals surface area contributed by atoms with Crippen molar-refractivity contribution >= 4 is 5.69 Å². The minimum atomic E-state index is -2.83. The maximum Gasteiger partial charge on any atom is 0.387 e. The lowest BCUT2D eigenvalue weighted by Crippen LogP contribution is -2.12. The number of anilines is 1. The standard InChI is InChI=1S/C13H19F2NO3/c1-17-8-4-9-18-10-7-16-11-5-2-3-6-12(11)19-13(14)15/h2-3,5-6,13,16H,4,7-10H2,1H3. The van der Waals surface area contributed by atoms with Crippen LogP contribution in [-0.2, 0) is 9.47 Å². The molecule has 19 heavy (non-hydrogen) atoms. The number of hydrogen-bond donors (Lipinski definition) is 1. The summed E-state index contributed by atoms with van der Waals surface area (Å²) >= 11 is 0. The molecule has 0 atom stereocenters. The molecule has 0 saturated heterocycles. The first-order valence-corrected chi connectivity index (χ1v) is 6.08. The van der Waals surface area contributed by atoms with Crippen LogP contribution in [0.4, 0.5) is 14.5 Å². The third-order valence-electron chi connectivity index (χ3n) is 2.30. The zero-order valence-corrected chi connectivity index (χ0v) is 10.9. The van der Waals surface area contributed by atoms with Gasteiger partial charge < -0.3 is 19.5 Å². The lowest BCUT2D eigenvalue weighted by Gasteiger charge is -2.12. The van der Waals surface area contributed by atoms with Crippen LogP contribution < -0.4 is 10.1 Å². The molecule has 0 saturated carbocycles. The molecule has 0 unspecified atom stereocenters. The number of alkyl halides is 2. The number of benzene rings is 1. The van der Waals surface area contributed by atoms with E-state index in [4.69, 9.17) is 9.47 Å². The lowest BCUT2D eigenvalue weighted by molar-refractivity contribution is -0.0493. The molecule has 0 spiro atoms. The monoisotopic (exact) mass is 275 g/mol. The summed E-state index contributed by atoms with van der Waals surface area (Å²) in [6, 6.07) is 6.57. The van der Waals surface area contributed by atoms with Crippen LogP contribution >= 0.6 is 0 Å². The molecule has 6 heteroatoms. The zero-order chi connectivity index (χ0) is 13.9. The molecule has 0 amide bonds. The van der Waals surface area contributed by atoms with E-state index in [0.29, 0.717) is 32.1 Å². The van der Waals surface area contributed by atoms with Crippen LogP contribution in [0.15, 0.2) is 24.3 Å². The highest BCUT2D eigenvalue weighted by atomic mass is 19.3. The molecule has 1 N–H and O–H groups in total. The van der Waals surface area contributed by atoms with Gasteiger partial charge in [0.2, 0.25) is 0 Å². The summed E-state index contributed by atoms with van der Waals surface area (Å²) in [6.45, 7) is -0.528. The Hall–Kier alpha value is -1.40. The third-order valence-corrected chi connectivity index (χ3v) is 2.30. The van der Waals surface area contributed by atoms with Crippen LogP contribution in [-0.4, -0.2) is 40.1 Å². The number of nitrogens with one attached hydrogen (secondary N) is 1. The second kappa shape index (κ2) is 9.52. The van der Waals surface area contributed by atoms with E-state index < -0.39 is 6.61 Å². The number of methoxy groups -OCH3 is 1. The highest BCUT2D eigenvalue weighted by Crippen LogP contribution is 2.24. The van der Waals surface area contributed by atoms with Crippen molar-refractivity contribution in [3.8, 4) is 5.75 Å². The summed E-state index contributed by atoms with van der Waals surface area (Å²) < 4.78 is 39.0. The zero-order valence-electron chi connectivity index (χ0n) is 10.9. The normalized spacial score (nSPS) is 10.7. The van der Waals surface area contributed by atoms with Gasteiger partial charge >= 0.3 is 6.61 Å². The van der Waals surface area contributed by atoms with Crippen molar-refractivity contribution in [1.82, 2.24) is 0 Å². The predicted molar refractivity (Wildman–Crippen MR) is 68.9 cm³/mol. The van der Waals surface area contributed by atoms with Gasteiger partial charge in [-0.1, -0.05) is 12.1 Å². The first-order valence-electron chi connectivity index (χ1n) is 6.08. The molecule has 0 heterocycles. The van der Waals surface area contributed by atoms with Crippen LogP contribution in [0.25, 0.3) is 0 Å². The maximum atomic E-state index is 12.2. The Balaban J connectivity index is 2.25. The quantitative estimate of drug-likeness (QED) is 0.666. The fraction of sp³-hybridized carbons (Fsp3) is 0.538. The molecule has 1 rings (SSSR count). The van der Waals surface area contributed by atoms with Crippen molar-refractivity contribution in [2.24, 2.45) is 0 Å². The first-order chi connectivity index (χ1) is 9.24. The highest BCUT2D eigenvalue weighted by Gasteiger charge is 2.08. The minimum Gasteiger partial charge on any atom is -0.433 e. The topological polar surface area (TPSA) is 39.7 Å². The van der Waals surface area contributed by atoms with E-state index in [2.05, 4.69) is 10.1 Å². The molecule has 0 aliphatic carbocycles. The smallest absolute Gasteiger partial charge is 0.387 e. The van der Waals surface area contributed by atoms with Gasteiger partial charge in [-0.05, 0) is 18.6 Å². The van der Waals surface area contributed by atoms with E-state index in [0.717, 1.165) is 6.42 Å². The number of rotatable bonds is 10. The molecular formula is C13H19F2NO3. The molecule has 0 bridgehead atoms. The van der Waals surface area contributed by atoms with Gasteiger partial charge in [0.15, 0.2) is 0 Å². The first kappa shape index (κ1) is 15.7. The average Bonchev–Trinajstić information content (AvgIpc) is 2.39. The van der Waals surface area contributed by atoms with E-state index in [1.807, 2.05) is 0 Å². The number of hydrogen-bond acceptors (Lipinski definition) is 4. The maximum absolute atomic E-state index is 12.2. The fourth-order valence-electron chi connectivity index (χ4n) is 1.48. The third kappa shape index (κ3) is 6.93. The van der Waals surface area contributed by atoms with Gasteiger partial charge in [-0.2, -0.15) is 8.78 Å². The average molecular weight is 275 g/mol. The molecule has 108 valence electrons. The van der Waals surface area contributed by atoms with Crippen molar-refractivity contribution in [3.63, 3.8) is 0 Å². The lowest BCUT2D eigenvalue weighted by atomic mass is 10.3. The van der Waals surface area contributed by atoms with Crippen LogP contribution in [0.3, 0.4) is 0 Å². The number of para-hydroxylation sites is 2. The second-order valence-electron chi connectivity index (χ2n) is 3.76. The van der Waals surface area contributed by atoms with E-state index in [1.165, 1.54) is 6.07 Å². The Kier molecular flexibility index (Phi) is 7.84. The van der Waals surface area contributed by atoms with E-state index in [9.17, 15) is 8.78 Å². The van der Waals surface area contributed by atoms with Crippen LogP contribution in [0.1, 0.15) is 6.42 Å². The molecule has 0 aliphatic rings. The van der Waals surface area contributed by atoms with Gasteiger partial charge in [0, 0.05) is 26.9 Å². The van der Waals surface area contributed by atoms with Crippen molar-refractivity contribution < 1.29 is 23.0 Å². The SMILES string of the molecule is COCCCOCCNc1ccccc1OC(F)F. The van der Waals surface area contributed by atoms with Gasteiger partial charge in [0.1, 0.15) is 5.75 Å². The predicted octanol–water partition coefficient (Wildman–Crippen LogP) is 2.75. The molecular weight excluding hydrogens is 256 g/mol. The van der Waals surface area contributed by atoms with Gasteiger partial charge in [0.25, 0.3) is 0 Å². The van der Waals surface area contributed by atoms with E-state index in [-0.39, 0.29) is 5.75 Å². The Morgan fingerprint density at radius 1 is 1.16 bits per heavy atom. The summed E-state index contributed by atoms with van der Waals surface area (Å²) in [5, 5.41) is 2.99. The highest BCUT2D eigenvalue weighted by molar-refractivity contribution is 5.56. The fourth-order valence-corrected chi connectivity index (χ4v) is 1.48. The number of ether oxygens (including phenoxy) is 3. The molecule has 1 aromatic carbocycles. The van der Waals surface area contributed by atoms with Crippen molar-refractivity contribution in [2.75, 3.05) is 38.8 Å². The van der Waals surface area contributed by atoms with Crippen molar-refractivity contribution in [2.45, 2.75) is 13.0 Å². The Labute approximate surface area is 111 Å². The summed E-state index contributed by atoms with van der Waals surface area (Å²) in [5.41, 5.74) is 0.531. The molecule has 0 aromatic heterocycles. The summed E-state index contributed by atoms with van der Waals surface area (Å²) in [4.78, 5) is 0. The Bertz CT molecular complexity index is 350. The molecule has 0 radical (unpaired) electrons. The molecule has 4 nitrogen and oxygen atoms in total. The van der Waals surface area contributed by atoms with E-state index in [1.54, 1.807) is 25.3 Å². The molecule has 1 aromatic rings. The van der Waals surface area contributed by atoms with Crippen LogP contribution in [0.2, 0.25) is 0 Å². The van der Waals surface area contributed by atoms with Gasteiger partial charge in [0.05, 0.1) is 12.3 Å². The van der Waals surface area contributed by atoms with Gasteiger partial charge in [-0.3, -0.25) is 0 Å². The summed E-state index contributed by atoms with van der Waals surface area (Å²) in [6.07, 6.45) is 0.835. The van der Waals surface area contributed by atoms with Crippen LogP contribution in [0, 0.1) is 0 Å². The molecule has 0 aliphatic heterocycles. The van der Waals surface area contributed by atoms with E-state index >= 15 is 0 Å². The summed E-state index contributed by atoms with van der Waals surface area (Å²) in [7, 11) is 1.64. The molecule has 0 fully saturated rings. The van der Waals surface area contributed by atoms with Crippen molar-refractivity contribution in [3.05, 3.63) is 24.3 Å². The Morgan fingerprint density at radius 2 is 1.95 bits per heavy atom. The van der Waals surface area contributed by atoms with Crippen LogP contribution in [0.5, 0.6) is 5.75 Å². The second-order valence-corrected chi connectivity index (χ2v) is 3.76.